The van der Waals surface area contributed by atoms with Crippen LogP contribution in [-0.4, -0.2) is 36.0 Å². The monoisotopic (exact) mass is 543 g/mol. The molecule has 3 aromatic rings. The number of aryl methyl sites for hydroxylation is 1. The fraction of sp³-hybridized carbons (Fsp3) is 0.594. The molecule has 1 saturated carbocycles. The lowest BCUT2D eigenvalue weighted by Crippen LogP contribution is -2.41. The number of unbranched alkanes of at least 4 members (excludes halogenated alkanes) is 1. The quantitative estimate of drug-likeness (QED) is 0.304. The van der Waals surface area contributed by atoms with E-state index in [4.69, 9.17) is 0 Å². The van der Waals surface area contributed by atoms with Gasteiger partial charge in [0, 0.05) is 47.9 Å². The second-order valence-corrected chi connectivity index (χ2v) is 11.9. The van der Waals surface area contributed by atoms with Crippen LogP contribution in [0.5, 0.6) is 0 Å². The summed E-state index contributed by atoms with van der Waals surface area (Å²) in [5.74, 6) is 0.567. The molecule has 2 aliphatic rings. The first-order valence-electron chi connectivity index (χ1n) is 15.4. The molecule has 8 nitrogen and oxygen atoms in total. The Bertz CT molecular complexity index is 1360. The normalized spacial score (nSPS) is 22.7. The number of imidazole rings is 1. The van der Waals surface area contributed by atoms with Gasteiger partial charge in [0.25, 0.3) is 0 Å². The van der Waals surface area contributed by atoms with Gasteiger partial charge in [-0.1, -0.05) is 77.2 Å². The van der Waals surface area contributed by atoms with Crippen molar-refractivity contribution in [3.05, 3.63) is 64.5 Å². The van der Waals surface area contributed by atoms with Crippen LogP contribution in [0.1, 0.15) is 109 Å². The Morgan fingerprint density at radius 1 is 1.10 bits per heavy atom. The highest BCUT2D eigenvalue weighted by molar-refractivity contribution is 5.65. The summed E-state index contributed by atoms with van der Waals surface area (Å²) in [5.41, 5.74) is 3.11. The second-order valence-electron chi connectivity index (χ2n) is 11.9. The zero-order chi connectivity index (χ0) is 28.0. The third-order valence-corrected chi connectivity index (χ3v) is 9.75. The van der Waals surface area contributed by atoms with Gasteiger partial charge in [0.1, 0.15) is 0 Å². The zero-order valence-corrected chi connectivity index (χ0v) is 24.5. The number of allylic oxidation sites excluding steroid dienone is 1. The highest BCUT2D eigenvalue weighted by atomic mass is 16.1. The van der Waals surface area contributed by atoms with Gasteiger partial charge < -0.3 is 0 Å². The zero-order valence-electron chi connectivity index (χ0n) is 24.5. The SMILES string of the molecule is CCCCc1cn(C2CCCCCCC2(CC)CC)c(=O)n1CC1(c2cccc(-c3nn[nH]n3)c2)C=CN=CC1. The minimum atomic E-state index is -0.397. The van der Waals surface area contributed by atoms with E-state index in [0.29, 0.717) is 12.4 Å². The summed E-state index contributed by atoms with van der Waals surface area (Å²) in [5, 5.41) is 14.7. The molecule has 1 aliphatic carbocycles. The largest absolute Gasteiger partial charge is 0.328 e. The van der Waals surface area contributed by atoms with Crippen LogP contribution in [0.25, 0.3) is 11.4 Å². The average molecular weight is 544 g/mol. The van der Waals surface area contributed by atoms with Gasteiger partial charge in [0.2, 0.25) is 5.82 Å². The van der Waals surface area contributed by atoms with E-state index in [1.165, 1.54) is 32.1 Å². The summed E-state index contributed by atoms with van der Waals surface area (Å²) < 4.78 is 4.25. The number of nitrogens with zero attached hydrogens (tertiary/aromatic N) is 6. The minimum absolute atomic E-state index is 0.146. The maximum Gasteiger partial charge on any atom is 0.328 e. The van der Waals surface area contributed by atoms with Crippen molar-refractivity contribution in [2.75, 3.05) is 0 Å². The maximum absolute atomic E-state index is 14.5. The molecule has 2 aromatic heterocycles. The van der Waals surface area contributed by atoms with Crippen molar-refractivity contribution in [1.82, 2.24) is 29.8 Å². The number of benzene rings is 1. The van der Waals surface area contributed by atoms with Crippen molar-refractivity contribution < 1.29 is 0 Å². The number of rotatable bonds is 10. The Hall–Kier alpha value is -3.29. The molecule has 214 valence electrons. The molecule has 0 spiro atoms. The van der Waals surface area contributed by atoms with Crippen LogP contribution in [-0.2, 0) is 18.4 Å². The predicted octanol–water partition coefficient (Wildman–Crippen LogP) is 6.80. The number of hydrogen-bond donors (Lipinski definition) is 1. The van der Waals surface area contributed by atoms with Gasteiger partial charge in [-0.2, -0.15) is 5.21 Å². The Morgan fingerprint density at radius 2 is 1.95 bits per heavy atom. The molecule has 40 heavy (non-hydrogen) atoms. The van der Waals surface area contributed by atoms with E-state index < -0.39 is 5.41 Å². The van der Waals surface area contributed by atoms with E-state index in [2.05, 4.69) is 79.9 Å². The molecule has 1 fully saturated rings. The fourth-order valence-corrected chi connectivity index (χ4v) is 7.13. The molecule has 5 rings (SSSR count). The third-order valence-electron chi connectivity index (χ3n) is 9.75. The van der Waals surface area contributed by atoms with E-state index >= 15 is 0 Å². The van der Waals surface area contributed by atoms with Crippen LogP contribution in [0.15, 0.2) is 52.5 Å². The number of tetrazole rings is 1. The summed E-state index contributed by atoms with van der Waals surface area (Å²) in [6.07, 6.45) is 21.6. The van der Waals surface area contributed by atoms with Crippen molar-refractivity contribution >= 4 is 6.21 Å². The van der Waals surface area contributed by atoms with Crippen molar-refractivity contribution in [3.8, 4) is 11.4 Å². The lowest BCUT2D eigenvalue weighted by atomic mass is 9.69. The molecule has 2 unspecified atom stereocenters. The number of nitrogens with one attached hydrogen (secondary N) is 1. The molecule has 1 N–H and O–H groups in total. The van der Waals surface area contributed by atoms with Crippen LogP contribution in [0.3, 0.4) is 0 Å². The fourth-order valence-electron chi connectivity index (χ4n) is 7.13. The first kappa shape index (κ1) is 28.2. The summed E-state index contributed by atoms with van der Waals surface area (Å²) in [4.78, 5) is 18.9. The molecule has 0 radical (unpaired) electrons. The molecule has 1 aromatic carbocycles. The van der Waals surface area contributed by atoms with Crippen molar-refractivity contribution in [3.63, 3.8) is 0 Å². The van der Waals surface area contributed by atoms with Crippen LogP contribution in [0.4, 0.5) is 0 Å². The van der Waals surface area contributed by atoms with E-state index in [-0.39, 0.29) is 17.1 Å². The predicted molar refractivity (Wildman–Crippen MR) is 161 cm³/mol. The first-order valence-corrected chi connectivity index (χ1v) is 15.4. The summed E-state index contributed by atoms with van der Waals surface area (Å²) >= 11 is 0. The lowest BCUT2D eigenvalue weighted by molar-refractivity contribution is 0.106. The number of aromatic nitrogens is 6. The second kappa shape index (κ2) is 12.5. The van der Waals surface area contributed by atoms with Gasteiger partial charge in [-0.3, -0.25) is 14.1 Å². The van der Waals surface area contributed by atoms with Crippen molar-refractivity contribution in [2.45, 2.75) is 116 Å². The summed E-state index contributed by atoms with van der Waals surface area (Å²) in [6.45, 7) is 7.46. The molecule has 1 aliphatic heterocycles. The van der Waals surface area contributed by atoms with E-state index in [0.717, 1.165) is 61.8 Å². The Balaban J connectivity index is 1.59. The number of aliphatic imine (C=N–C) groups is 1. The average Bonchev–Trinajstić information content (AvgIpc) is 3.62. The van der Waals surface area contributed by atoms with Gasteiger partial charge >= 0.3 is 5.69 Å². The van der Waals surface area contributed by atoms with Gasteiger partial charge in [0.05, 0.1) is 0 Å². The summed E-state index contributed by atoms with van der Waals surface area (Å²) in [7, 11) is 0. The molecule has 3 heterocycles. The van der Waals surface area contributed by atoms with Crippen LogP contribution in [0.2, 0.25) is 0 Å². The molecule has 0 bridgehead atoms. The van der Waals surface area contributed by atoms with Gasteiger partial charge in [0.15, 0.2) is 0 Å². The standard InChI is InChI=1S/C32H45N7O/c1-4-7-15-27-23-38(28-16-10-8-9-11-17-31(28,5-2)6-3)30(40)39(27)24-32(18-20-33-21-19-32)26-14-12-13-25(22-26)29-34-36-37-35-29/h12-14,18,20-23,28H,4-11,15-17,19,24H2,1-3H3,(H,34,35,36,37). The smallest absolute Gasteiger partial charge is 0.295 e. The topological polar surface area (TPSA) is 93.8 Å². The highest BCUT2D eigenvalue weighted by Gasteiger charge is 2.39. The minimum Gasteiger partial charge on any atom is -0.295 e. The Morgan fingerprint density at radius 3 is 2.67 bits per heavy atom. The summed E-state index contributed by atoms with van der Waals surface area (Å²) in [6, 6.07) is 8.57. The Kier molecular flexibility index (Phi) is 8.81. The molecular formula is C32H45N7O. The van der Waals surface area contributed by atoms with E-state index in [1.807, 2.05) is 24.5 Å². The molecular weight excluding hydrogens is 498 g/mol. The lowest BCUT2D eigenvalue weighted by Gasteiger charge is -2.42. The van der Waals surface area contributed by atoms with Crippen LogP contribution in [0, 0.1) is 5.41 Å². The molecule has 0 saturated heterocycles. The molecule has 2 atom stereocenters. The first-order chi connectivity index (χ1) is 19.6. The van der Waals surface area contributed by atoms with Gasteiger partial charge in [-0.25, -0.2) is 4.79 Å². The number of H-pyrrole nitrogens is 1. The van der Waals surface area contributed by atoms with Gasteiger partial charge in [-0.15, -0.1) is 10.2 Å². The molecule has 0 amide bonds. The third kappa shape index (κ3) is 5.50. The van der Waals surface area contributed by atoms with E-state index in [9.17, 15) is 4.79 Å². The van der Waals surface area contributed by atoms with E-state index in [1.54, 1.807) is 0 Å². The van der Waals surface area contributed by atoms with Crippen LogP contribution < -0.4 is 5.69 Å². The number of aromatic amines is 1. The Labute approximate surface area is 238 Å². The van der Waals surface area contributed by atoms with Crippen molar-refractivity contribution in [2.24, 2.45) is 10.4 Å². The highest BCUT2D eigenvalue weighted by Crippen LogP contribution is 2.47. The van der Waals surface area contributed by atoms with Gasteiger partial charge in [-0.05, 0) is 67.2 Å². The maximum atomic E-state index is 14.5. The van der Waals surface area contributed by atoms with Crippen molar-refractivity contribution in [1.29, 1.82) is 0 Å². The molecule has 8 heteroatoms. The van der Waals surface area contributed by atoms with Crippen LogP contribution >= 0.6 is 0 Å². The number of hydrogen-bond acceptors (Lipinski definition) is 5.